The molecule has 1 amide bonds. The van der Waals surface area contributed by atoms with E-state index in [0.717, 1.165) is 31.6 Å². The van der Waals surface area contributed by atoms with Crippen molar-refractivity contribution in [3.8, 4) is 0 Å². The van der Waals surface area contributed by atoms with Crippen LogP contribution in [0.5, 0.6) is 0 Å². The summed E-state index contributed by atoms with van der Waals surface area (Å²) in [5.74, 6) is -1.76. The molecule has 3 rings (SSSR count). The SMILES string of the molecule is COC[C@H]1CN(C)C[C@@]12CCN(C(=O)c1ccc(F)c(F)c1)C2. The van der Waals surface area contributed by atoms with E-state index in [1.807, 2.05) is 0 Å². The van der Waals surface area contributed by atoms with Gasteiger partial charge in [0.1, 0.15) is 0 Å². The van der Waals surface area contributed by atoms with E-state index in [9.17, 15) is 13.6 Å². The van der Waals surface area contributed by atoms with Crippen molar-refractivity contribution in [3.63, 3.8) is 0 Å². The van der Waals surface area contributed by atoms with Crippen LogP contribution in [0.3, 0.4) is 0 Å². The Bertz CT molecular complexity index is 610. The number of benzene rings is 1. The van der Waals surface area contributed by atoms with E-state index < -0.39 is 11.6 Å². The van der Waals surface area contributed by atoms with Crippen molar-refractivity contribution in [2.24, 2.45) is 11.3 Å². The van der Waals surface area contributed by atoms with Crippen LogP contribution < -0.4 is 0 Å². The number of carbonyl (C=O) groups is 1. The van der Waals surface area contributed by atoms with E-state index in [1.54, 1.807) is 12.0 Å². The summed E-state index contributed by atoms with van der Waals surface area (Å²) in [4.78, 5) is 16.6. The van der Waals surface area contributed by atoms with E-state index in [0.29, 0.717) is 25.6 Å². The predicted molar refractivity (Wildman–Crippen MR) is 82.2 cm³/mol. The zero-order chi connectivity index (χ0) is 16.6. The number of methoxy groups -OCH3 is 1. The minimum Gasteiger partial charge on any atom is -0.384 e. The maximum atomic E-state index is 13.4. The van der Waals surface area contributed by atoms with E-state index >= 15 is 0 Å². The van der Waals surface area contributed by atoms with Gasteiger partial charge in [-0.15, -0.1) is 0 Å². The first-order chi connectivity index (χ1) is 10.9. The van der Waals surface area contributed by atoms with Gasteiger partial charge in [-0.05, 0) is 31.7 Å². The topological polar surface area (TPSA) is 32.8 Å². The third kappa shape index (κ3) is 2.97. The van der Waals surface area contributed by atoms with Crippen LogP contribution in [0.15, 0.2) is 18.2 Å². The molecule has 2 saturated heterocycles. The first-order valence-electron chi connectivity index (χ1n) is 7.87. The van der Waals surface area contributed by atoms with Gasteiger partial charge in [0.2, 0.25) is 0 Å². The molecule has 0 aliphatic carbocycles. The molecule has 6 heteroatoms. The molecule has 2 heterocycles. The van der Waals surface area contributed by atoms with Gasteiger partial charge in [-0.25, -0.2) is 8.78 Å². The fraction of sp³-hybridized carbons (Fsp3) is 0.588. The van der Waals surface area contributed by atoms with Gasteiger partial charge in [0.15, 0.2) is 11.6 Å². The fourth-order valence-corrected chi connectivity index (χ4v) is 4.07. The Labute approximate surface area is 135 Å². The quantitative estimate of drug-likeness (QED) is 0.853. The smallest absolute Gasteiger partial charge is 0.253 e. The molecule has 0 unspecified atom stereocenters. The number of hydrogen-bond acceptors (Lipinski definition) is 3. The fourth-order valence-electron chi connectivity index (χ4n) is 4.07. The first kappa shape index (κ1) is 16.3. The van der Waals surface area contributed by atoms with Crippen molar-refractivity contribution in [1.82, 2.24) is 9.80 Å². The normalized spacial score (nSPS) is 28.0. The molecule has 1 spiro atoms. The molecular weight excluding hydrogens is 302 g/mol. The van der Waals surface area contributed by atoms with Gasteiger partial charge in [0.05, 0.1) is 6.61 Å². The molecule has 2 atom stereocenters. The Morgan fingerprint density at radius 1 is 1.35 bits per heavy atom. The molecule has 126 valence electrons. The second kappa shape index (κ2) is 6.17. The molecule has 0 aromatic heterocycles. The Hall–Kier alpha value is -1.53. The number of halogens is 2. The lowest BCUT2D eigenvalue weighted by molar-refractivity contribution is 0.0715. The van der Waals surface area contributed by atoms with Gasteiger partial charge in [-0.3, -0.25) is 4.79 Å². The lowest BCUT2D eigenvalue weighted by Crippen LogP contribution is -2.38. The van der Waals surface area contributed by atoms with Crippen LogP contribution >= 0.6 is 0 Å². The Morgan fingerprint density at radius 2 is 2.13 bits per heavy atom. The van der Waals surface area contributed by atoms with Crippen molar-refractivity contribution in [2.45, 2.75) is 6.42 Å². The summed E-state index contributed by atoms with van der Waals surface area (Å²) < 4.78 is 31.8. The zero-order valence-electron chi connectivity index (χ0n) is 13.5. The van der Waals surface area contributed by atoms with E-state index in [4.69, 9.17) is 4.74 Å². The van der Waals surface area contributed by atoms with Gasteiger partial charge in [0, 0.05) is 50.2 Å². The average molecular weight is 324 g/mol. The van der Waals surface area contributed by atoms with Crippen molar-refractivity contribution < 1.29 is 18.3 Å². The largest absolute Gasteiger partial charge is 0.384 e. The lowest BCUT2D eigenvalue weighted by Gasteiger charge is -2.30. The highest BCUT2D eigenvalue weighted by Crippen LogP contribution is 2.43. The summed E-state index contributed by atoms with van der Waals surface area (Å²) in [6.07, 6.45) is 0.917. The number of carbonyl (C=O) groups excluding carboxylic acids is 1. The highest BCUT2D eigenvalue weighted by atomic mass is 19.2. The minimum absolute atomic E-state index is 0.0407. The van der Waals surface area contributed by atoms with Gasteiger partial charge >= 0.3 is 0 Å². The molecule has 4 nitrogen and oxygen atoms in total. The van der Waals surface area contributed by atoms with Crippen LogP contribution in [0.25, 0.3) is 0 Å². The number of amides is 1. The van der Waals surface area contributed by atoms with E-state index in [2.05, 4.69) is 11.9 Å². The maximum Gasteiger partial charge on any atom is 0.253 e. The van der Waals surface area contributed by atoms with Crippen molar-refractivity contribution in [2.75, 3.05) is 46.9 Å². The maximum absolute atomic E-state index is 13.4. The van der Waals surface area contributed by atoms with Gasteiger partial charge in [0.25, 0.3) is 5.91 Å². The van der Waals surface area contributed by atoms with Crippen LogP contribution in [0, 0.1) is 23.0 Å². The summed E-state index contributed by atoms with van der Waals surface area (Å²) in [6, 6.07) is 3.33. The summed E-state index contributed by atoms with van der Waals surface area (Å²) in [7, 11) is 3.78. The van der Waals surface area contributed by atoms with Crippen LogP contribution in [-0.2, 0) is 4.74 Å². The molecule has 2 aliphatic heterocycles. The molecule has 1 aromatic rings. The molecule has 0 radical (unpaired) electrons. The van der Waals surface area contributed by atoms with Crippen molar-refractivity contribution >= 4 is 5.91 Å². The van der Waals surface area contributed by atoms with Crippen LogP contribution in [0.2, 0.25) is 0 Å². The summed E-state index contributed by atoms with van der Waals surface area (Å²) in [5, 5.41) is 0. The molecule has 23 heavy (non-hydrogen) atoms. The van der Waals surface area contributed by atoms with Crippen LogP contribution in [0.4, 0.5) is 8.78 Å². The lowest BCUT2D eigenvalue weighted by atomic mass is 9.77. The summed E-state index contributed by atoms with van der Waals surface area (Å²) >= 11 is 0. The highest BCUT2D eigenvalue weighted by molar-refractivity contribution is 5.94. The standard InChI is InChI=1S/C17H22F2N2O2/c1-20-8-13(9-23-2)17(10-20)5-6-21(11-17)16(22)12-3-4-14(18)15(19)7-12/h3-4,7,13H,5-6,8-11H2,1-2H3/t13-,17-/m1/s1. The molecule has 0 bridgehead atoms. The Balaban J connectivity index is 1.76. The molecule has 2 fully saturated rings. The highest BCUT2D eigenvalue weighted by Gasteiger charge is 2.50. The summed E-state index contributed by atoms with van der Waals surface area (Å²) in [5.41, 5.74) is 0.245. The predicted octanol–water partition coefficient (Wildman–Crippen LogP) is 2.01. The molecular formula is C17H22F2N2O2. The zero-order valence-corrected chi connectivity index (χ0v) is 13.5. The number of ether oxygens (including phenoxy) is 1. The third-order valence-corrected chi connectivity index (χ3v) is 5.19. The molecule has 0 saturated carbocycles. The molecule has 1 aromatic carbocycles. The third-order valence-electron chi connectivity index (χ3n) is 5.19. The van der Waals surface area contributed by atoms with Crippen molar-refractivity contribution in [1.29, 1.82) is 0 Å². The monoisotopic (exact) mass is 324 g/mol. The van der Waals surface area contributed by atoms with Gasteiger partial charge in [-0.1, -0.05) is 0 Å². The average Bonchev–Trinajstić information content (AvgIpc) is 3.06. The molecule has 2 aliphatic rings. The number of hydrogen-bond donors (Lipinski definition) is 0. The number of rotatable bonds is 3. The number of likely N-dealkylation sites (tertiary alicyclic amines) is 2. The van der Waals surface area contributed by atoms with Crippen molar-refractivity contribution in [3.05, 3.63) is 35.4 Å². The molecule has 0 N–H and O–H groups in total. The van der Waals surface area contributed by atoms with E-state index in [-0.39, 0.29) is 16.9 Å². The Kier molecular flexibility index (Phi) is 4.38. The second-order valence-corrected chi connectivity index (χ2v) is 6.82. The second-order valence-electron chi connectivity index (χ2n) is 6.82. The number of nitrogens with zero attached hydrogens (tertiary/aromatic N) is 2. The van der Waals surface area contributed by atoms with Crippen LogP contribution in [0.1, 0.15) is 16.8 Å². The van der Waals surface area contributed by atoms with E-state index in [1.165, 1.54) is 6.07 Å². The summed E-state index contributed by atoms with van der Waals surface area (Å²) in [6.45, 7) is 3.86. The van der Waals surface area contributed by atoms with Gasteiger partial charge in [-0.2, -0.15) is 0 Å². The Morgan fingerprint density at radius 3 is 2.83 bits per heavy atom. The van der Waals surface area contributed by atoms with Crippen LogP contribution in [-0.4, -0.2) is 62.7 Å². The minimum atomic E-state index is -0.984. The van der Waals surface area contributed by atoms with Gasteiger partial charge < -0.3 is 14.5 Å². The first-order valence-corrected chi connectivity index (χ1v) is 7.87.